The molecule has 1 amide bonds. The van der Waals surface area contributed by atoms with E-state index >= 15 is 0 Å². The Morgan fingerprint density at radius 1 is 1.08 bits per heavy atom. The molecule has 1 heterocycles. The smallest absolute Gasteiger partial charge is 0.221 e. The van der Waals surface area contributed by atoms with Crippen molar-refractivity contribution in [3.05, 3.63) is 66.0 Å². The molecule has 0 radical (unpaired) electrons. The molecule has 0 saturated heterocycles. The van der Waals surface area contributed by atoms with Gasteiger partial charge in [0.25, 0.3) is 0 Å². The first kappa shape index (κ1) is 16.2. The van der Waals surface area contributed by atoms with E-state index in [0.29, 0.717) is 19.5 Å². The lowest BCUT2D eigenvalue weighted by Gasteiger charge is -2.08. The van der Waals surface area contributed by atoms with Crippen LogP contribution in [-0.4, -0.2) is 29.1 Å². The van der Waals surface area contributed by atoms with Crippen LogP contribution in [0.3, 0.4) is 0 Å². The number of aromatic nitrogens is 2. The minimum absolute atomic E-state index is 0.0679. The van der Waals surface area contributed by atoms with E-state index in [0.717, 1.165) is 23.1 Å². The first-order chi connectivity index (χ1) is 11.8. The van der Waals surface area contributed by atoms with Gasteiger partial charge in [-0.1, -0.05) is 36.4 Å². The molecule has 2 aromatic carbocycles. The topological polar surface area (TPSA) is 59.0 Å². The van der Waals surface area contributed by atoms with Crippen molar-refractivity contribution in [3.63, 3.8) is 0 Å². The highest BCUT2D eigenvalue weighted by molar-refractivity contribution is 5.76. The highest BCUT2D eigenvalue weighted by Crippen LogP contribution is 2.14. The molecule has 0 bridgehead atoms. The third-order valence-electron chi connectivity index (χ3n) is 3.99. The average Bonchev–Trinajstić information content (AvgIpc) is 3.02. The van der Waals surface area contributed by atoms with Gasteiger partial charge in [-0.25, -0.2) is 4.98 Å². The summed E-state index contributed by atoms with van der Waals surface area (Å²) < 4.78 is 2.14. The average molecular weight is 322 g/mol. The number of para-hydroxylation sites is 2. The molecular formula is C19H22N4O. The van der Waals surface area contributed by atoms with Gasteiger partial charge in [0.1, 0.15) is 0 Å². The molecule has 0 aliphatic carbocycles. The zero-order valence-corrected chi connectivity index (χ0v) is 13.8. The summed E-state index contributed by atoms with van der Waals surface area (Å²) in [4.78, 5) is 16.0. The summed E-state index contributed by atoms with van der Waals surface area (Å²) in [5.74, 6) is 0.0679. The van der Waals surface area contributed by atoms with Crippen LogP contribution in [0.4, 0.5) is 0 Å². The number of carbonyl (C=O) groups excluding carboxylic acids is 1. The van der Waals surface area contributed by atoms with Crippen molar-refractivity contribution in [3.8, 4) is 0 Å². The molecule has 124 valence electrons. The molecule has 24 heavy (non-hydrogen) atoms. The normalized spacial score (nSPS) is 10.9. The summed E-state index contributed by atoms with van der Waals surface area (Å²) in [6, 6.07) is 16.5. The SMILES string of the molecule is CNCCC(=O)NCc1ccc(Cn2cnc3ccccc32)cc1. The van der Waals surface area contributed by atoms with Gasteiger partial charge in [0.15, 0.2) is 0 Å². The minimum atomic E-state index is 0.0679. The van der Waals surface area contributed by atoms with E-state index in [1.807, 2.05) is 31.6 Å². The maximum Gasteiger partial charge on any atom is 0.221 e. The summed E-state index contributed by atoms with van der Waals surface area (Å²) in [5, 5.41) is 5.90. The van der Waals surface area contributed by atoms with Crippen molar-refractivity contribution in [1.82, 2.24) is 20.2 Å². The lowest BCUT2D eigenvalue weighted by molar-refractivity contribution is -0.121. The standard InChI is InChI=1S/C19H22N4O/c1-20-11-10-19(24)21-12-15-6-8-16(9-7-15)13-23-14-22-17-4-2-3-5-18(17)23/h2-9,14,20H,10-13H2,1H3,(H,21,24). The van der Waals surface area contributed by atoms with Gasteiger partial charge in [-0.15, -0.1) is 0 Å². The third kappa shape index (κ3) is 4.00. The number of carbonyl (C=O) groups is 1. The van der Waals surface area contributed by atoms with E-state index in [1.54, 1.807) is 0 Å². The lowest BCUT2D eigenvalue weighted by atomic mass is 10.1. The Bertz CT molecular complexity index is 808. The van der Waals surface area contributed by atoms with Crippen molar-refractivity contribution < 1.29 is 4.79 Å². The Morgan fingerprint density at radius 3 is 2.62 bits per heavy atom. The fraction of sp³-hybridized carbons (Fsp3) is 0.263. The second-order valence-corrected chi connectivity index (χ2v) is 5.81. The molecule has 3 aromatic rings. The molecule has 1 aromatic heterocycles. The number of benzene rings is 2. The summed E-state index contributed by atoms with van der Waals surface area (Å²) >= 11 is 0. The first-order valence-corrected chi connectivity index (χ1v) is 8.15. The van der Waals surface area contributed by atoms with Crippen molar-refractivity contribution in [2.75, 3.05) is 13.6 Å². The van der Waals surface area contributed by atoms with Crippen LogP contribution in [0.15, 0.2) is 54.9 Å². The van der Waals surface area contributed by atoms with Crippen LogP contribution in [0.1, 0.15) is 17.5 Å². The summed E-state index contributed by atoms with van der Waals surface area (Å²) in [7, 11) is 1.84. The van der Waals surface area contributed by atoms with Crippen LogP contribution in [0.5, 0.6) is 0 Å². The summed E-state index contributed by atoms with van der Waals surface area (Å²) in [5.41, 5.74) is 4.47. The third-order valence-corrected chi connectivity index (χ3v) is 3.99. The van der Waals surface area contributed by atoms with Gasteiger partial charge in [-0.3, -0.25) is 4.79 Å². The van der Waals surface area contributed by atoms with Crippen LogP contribution in [0.25, 0.3) is 11.0 Å². The van der Waals surface area contributed by atoms with E-state index in [9.17, 15) is 4.79 Å². The van der Waals surface area contributed by atoms with Crippen LogP contribution < -0.4 is 10.6 Å². The van der Waals surface area contributed by atoms with Crippen molar-refractivity contribution in [2.45, 2.75) is 19.5 Å². The summed E-state index contributed by atoms with van der Waals surface area (Å²) in [6.07, 6.45) is 2.38. The molecule has 5 nitrogen and oxygen atoms in total. The van der Waals surface area contributed by atoms with Crippen LogP contribution in [-0.2, 0) is 17.9 Å². The second-order valence-electron chi connectivity index (χ2n) is 5.81. The number of hydrogen-bond acceptors (Lipinski definition) is 3. The van der Waals surface area contributed by atoms with Crippen molar-refractivity contribution in [2.24, 2.45) is 0 Å². The predicted molar refractivity (Wildman–Crippen MR) is 95.7 cm³/mol. The lowest BCUT2D eigenvalue weighted by Crippen LogP contribution is -2.26. The maximum absolute atomic E-state index is 11.6. The van der Waals surface area contributed by atoms with Gasteiger partial charge in [-0.2, -0.15) is 0 Å². The van der Waals surface area contributed by atoms with E-state index in [4.69, 9.17) is 0 Å². The second kappa shape index (κ2) is 7.75. The van der Waals surface area contributed by atoms with Gasteiger partial charge in [0.05, 0.1) is 17.4 Å². The number of nitrogens with zero attached hydrogens (tertiary/aromatic N) is 2. The minimum Gasteiger partial charge on any atom is -0.352 e. The monoisotopic (exact) mass is 322 g/mol. The zero-order valence-electron chi connectivity index (χ0n) is 13.8. The van der Waals surface area contributed by atoms with E-state index < -0.39 is 0 Å². The molecule has 0 saturated carbocycles. The van der Waals surface area contributed by atoms with Crippen molar-refractivity contribution >= 4 is 16.9 Å². The zero-order chi connectivity index (χ0) is 16.8. The number of fused-ring (bicyclic) bond motifs is 1. The number of hydrogen-bond donors (Lipinski definition) is 2. The fourth-order valence-corrected chi connectivity index (χ4v) is 2.62. The molecule has 0 aliphatic rings. The Kier molecular flexibility index (Phi) is 5.23. The molecule has 3 rings (SSSR count). The van der Waals surface area contributed by atoms with Crippen molar-refractivity contribution in [1.29, 1.82) is 0 Å². The highest BCUT2D eigenvalue weighted by Gasteiger charge is 2.03. The molecule has 0 unspecified atom stereocenters. The number of rotatable bonds is 7. The first-order valence-electron chi connectivity index (χ1n) is 8.15. The molecule has 0 atom stereocenters. The van der Waals surface area contributed by atoms with Crippen LogP contribution in [0, 0.1) is 0 Å². The Morgan fingerprint density at radius 2 is 1.83 bits per heavy atom. The van der Waals surface area contributed by atoms with Gasteiger partial charge >= 0.3 is 0 Å². The largest absolute Gasteiger partial charge is 0.352 e. The number of amides is 1. The van der Waals surface area contributed by atoms with Gasteiger partial charge in [0, 0.05) is 26.1 Å². The van der Waals surface area contributed by atoms with E-state index in [1.165, 1.54) is 5.56 Å². The Hall–Kier alpha value is -2.66. The Balaban J connectivity index is 1.59. The maximum atomic E-state index is 11.6. The molecule has 5 heteroatoms. The quantitative estimate of drug-likeness (QED) is 0.702. The van der Waals surface area contributed by atoms with Crippen LogP contribution >= 0.6 is 0 Å². The molecular weight excluding hydrogens is 300 g/mol. The number of imidazole rings is 1. The molecule has 0 aliphatic heterocycles. The van der Waals surface area contributed by atoms with Gasteiger partial charge < -0.3 is 15.2 Å². The highest BCUT2D eigenvalue weighted by atomic mass is 16.1. The Labute approximate surface area is 141 Å². The van der Waals surface area contributed by atoms with Gasteiger partial charge in [-0.05, 0) is 30.3 Å². The molecule has 0 spiro atoms. The summed E-state index contributed by atoms with van der Waals surface area (Å²) in [6.45, 7) is 2.05. The number of nitrogens with one attached hydrogen (secondary N) is 2. The van der Waals surface area contributed by atoms with Crippen LogP contribution in [0.2, 0.25) is 0 Å². The van der Waals surface area contributed by atoms with E-state index in [-0.39, 0.29) is 5.91 Å². The molecule has 0 fully saturated rings. The fourth-order valence-electron chi connectivity index (χ4n) is 2.62. The molecule has 2 N–H and O–H groups in total. The predicted octanol–water partition coefficient (Wildman–Crippen LogP) is 2.31. The van der Waals surface area contributed by atoms with Gasteiger partial charge in [0.2, 0.25) is 5.91 Å². The van der Waals surface area contributed by atoms with E-state index in [2.05, 4.69) is 50.5 Å².